The quantitative estimate of drug-likeness (QED) is 0.704. The van der Waals surface area contributed by atoms with E-state index < -0.39 is 0 Å². The molecule has 3 heterocycles. The lowest BCUT2D eigenvalue weighted by molar-refractivity contribution is -0.130. The predicted molar refractivity (Wildman–Crippen MR) is 110 cm³/mol. The van der Waals surface area contributed by atoms with Gasteiger partial charge in [0, 0.05) is 36.0 Å². The van der Waals surface area contributed by atoms with Gasteiger partial charge in [-0.05, 0) is 48.6 Å². The van der Waals surface area contributed by atoms with E-state index in [2.05, 4.69) is 34.8 Å². The molecule has 1 saturated heterocycles. The second-order valence-electron chi connectivity index (χ2n) is 8.18. The van der Waals surface area contributed by atoms with E-state index >= 15 is 0 Å². The number of carbonyl (C=O) groups is 2. The molecule has 3 N–H and O–H groups in total. The molecular weight excluding hydrogens is 372 g/mol. The van der Waals surface area contributed by atoms with Crippen LogP contribution in [-0.4, -0.2) is 34.1 Å². The molecule has 6 nitrogen and oxygen atoms in total. The molecule has 150 valence electrons. The maximum Gasteiger partial charge on any atom is 0.229 e. The molecule has 1 aliphatic carbocycles. The van der Waals surface area contributed by atoms with Crippen LogP contribution in [0.1, 0.15) is 51.0 Å². The molecule has 2 aliphatic heterocycles. The number of allylic oxidation sites excluding steroid dienone is 2. The third kappa shape index (κ3) is 3.82. The van der Waals surface area contributed by atoms with E-state index in [1.807, 2.05) is 12.1 Å². The highest BCUT2D eigenvalue weighted by molar-refractivity contribution is 7.99. The van der Waals surface area contributed by atoms with Crippen LogP contribution in [0.15, 0.2) is 35.8 Å². The van der Waals surface area contributed by atoms with E-state index in [0.717, 1.165) is 41.8 Å². The average Bonchev–Trinajstić information content (AvgIpc) is 2.67. The Kier molecular flexibility index (Phi) is 5.73. The Morgan fingerprint density at radius 1 is 1.18 bits per heavy atom. The molecule has 0 spiro atoms. The van der Waals surface area contributed by atoms with E-state index in [1.165, 1.54) is 0 Å². The minimum absolute atomic E-state index is 0.00466. The number of rotatable bonds is 5. The molecule has 28 heavy (non-hydrogen) atoms. The van der Waals surface area contributed by atoms with Crippen LogP contribution in [-0.2, 0) is 9.59 Å². The summed E-state index contributed by atoms with van der Waals surface area (Å²) in [6, 6.07) is 3.85. The van der Waals surface area contributed by atoms with E-state index in [9.17, 15) is 9.59 Å². The number of hydrogen-bond donors (Lipinski definition) is 3. The van der Waals surface area contributed by atoms with Gasteiger partial charge in [0.15, 0.2) is 5.78 Å². The zero-order valence-corrected chi connectivity index (χ0v) is 17.2. The van der Waals surface area contributed by atoms with E-state index in [1.54, 1.807) is 24.2 Å². The lowest BCUT2D eigenvalue weighted by Gasteiger charge is -2.47. The number of ketones is 1. The Morgan fingerprint density at radius 2 is 1.96 bits per heavy atom. The molecule has 1 amide bonds. The highest BCUT2D eigenvalue weighted by Gasteiger charge is 2.48. The van der Waals surface area contributed by atoms with E-state index in [4.69, 9.17) is 0 Å². The number of nitrogens with zero attached hydrogens (tertiary/aromatic N) is 1. The lowest BCUT2D eigenvalue weighted by Crippen LogP contribution is -2.67. The number of fused-ring (bicyclic) bond motifs is 1. The van der Waals surface area contributed by atoms with Gasteiger partial charge in [-0.15, -0.1) is 11.8 Å². The molecule has 0 bridgehead atoms. The van der Waals surface area contributed by atoms with E-state index in [0.29, 0.717) is 12.3 Å². The summed E-state index contributed by atoms with van der Waals surface area (Å²) in [6.45, 7) is 4.42. The number of pyridine rings is 1. The maximum absolute atomic E-state index is 13.1. The minimum atomic E-state index is -0.356. The Bertz CT molecular complexity index is 780. The van der Waals surface area contributed by atoms with Gasteiger partial charge in [0.2, 0.25) is 5.91 Å². The molecule has 4 unspecified atom stereocenters. The summed E-state index contributed by atoms with van der Waals surface area (Å²) >= 11 is 1.74. The van der Waals surface area contributed by atoms with Gasteiger partial charge in [0.05, 0.1) is 12.1 Å². The lowest BCUT2D eigenvalue weighted by atomic mass is 9.71. The first kappa shape index (κ1) is 19.5. The highest BCUT2D eigenvalue weighted by atomic mass is 32.2. The number of hydrogen-bond acceptors (Lipinski definition) is 6. The first-order valence-corrected chi connectivity index (χ1v) is 11.2. The zero-order chi connectivity index (χ0) is 19.7. The van der Waals surface area contributed by atoms with Crippen molar-refractivity contribution in [1.29, 1.82) is 0 Å². The van der Waals surface area contributed by atoms with Crippen molar-refractivity contribution in [3.05, 3.63) is 41.4 Å². The molecule has 1 aromatic heterocycles. The van der Waals surface area contributed by atoms with Crippen molar-refractivity contribution in [3.8, 4) is 0 Å². The monoisotopic (exact) mass is 400 g/mol. The smallest absolute Gasteiger partial charge is 0.229 e. The van der Waals surface area contributed by atoms with Crippen molar-refractivity contribution in [2.75, 3.05) is 5.75 Å². The molecular formula is C21H28N4O2S. The molecule has 4 rings (SSSR count). The number of thioether (sulfide) groups is 1. The number of amides is 1. The number of aromatic nitrogens is 1. The Balaban J connectivity index is 1.63. The number of Topliss-reactive ketones (excluding diaryl/α,β-unsaturated/α-hetero) is 1. The number of carbonyl (C=O) groups excluding carboxylic acids is 2. The van der Waals surface area contributed by atoms with Crippen molar-refractivity contribution in [1.82, 2.24) is 20.9 Å². The molecule has 0 aromatic carbocycles. The molecule has 7 heteroatoms. The van der Waals surface area contributed by atoms with Gasteiger partial charge in [-0.1, -0.05) is 13.8 Å². The molecule has 4 atom stereocenters. The van der Waals surface area contributed by atoms with Crippen LogP contribution in [0.5, 0.6) is 0 Å². The van der Waals surface area contributed by atoms with Crippen LogP contribution in [0.4, 0.5) is 0 Å². The fraction of sp³-hybridized carbons (Fsp3) is 0.571. The van der Waals surface area contributed by atoms with Gasteiger partial charge in [-0.25, -0.2) is 0 Å². The second kappa shape index (κ2) is 8.25. The Morgan fingerprint density at radius 3 is 2.71 bits per heavy atom. The zero-order valence-electron chi connectivity index (χ0n) is 16.4. The van der Waals surface area contributed by atoms with Gasteiger partial charge < -0.3 is 10.6 Å². The number of nitrogens with one attached hydrogen (secondary N) is 3. The summed E-state index contributed by atoms with van der Waals surface area (Å²) in [5, 5.41) is 10.2. The van der Waals surface area contributed by atoms with Gasteiger partial charge in [-0.3, -0.25) is 19.9 Å². The van der Waals surface area contributed by atoms with Gasteiger partial charge in [0.1, 0.15) is 5.50 Å². The average molecular weight is 401 g/mol. The van der Waals surface area contributed by atoms with Crippen LogP contribution in [0.2, 0.25) is 0 Å². The Hall–Kier alpha value is -1.86. The van der Waals surface area contributed by atoms with Crippen LogP contribution in [0.3, 0.4) is 0 Å². The SMILES string of the molecule is CC(C)CCSC1NC(=O)C2C(NC3=C(C(=O)CCC3)C2c2ccncc2)N1. The first-order chi connectivity index (χ1) is 13.5. The van der Waals surface area contributed by atoms with Crippen LogP contribution in [0.25, 0.3) is 0 Å². The fourth-order valence-electron chi connectivity index (χ4n) is 4.36. The van der Waals surface area contributed by atoms with Crippen molar-refractivity contribution >= 4 is 23.5 Å². The molecule has 1 aromatic rings. The summed E-state index contributed by atoms with van der Waals surface area (Å²) in [6.07, 6.45) is 6.70. The van der Waals surface area contributed by atoms with Gasteiger partial charge in [0.25, 0.3) is 0 Å². The molecule has 3 aliphatic rings. The van der Waals surface area contributed by atoms with Crippen LogP contribution >= 0.6 is 11.8 Å². The molecule has 1 fully saturated rings. The normalized spacial score (nSPS) is 29.8. The fourth-order valence-corrected chi connectivity index (χ4v) is 5.64. The summed E-state index contributed by atoms with van der Waals surface area (Å²) in [5.74, 6) is 1.22. The van der Waals surface area contributed by atoms with Crippen LogP contribution < -0.4 is 16.0 Å². The molecule has 0 saturated carbocycles. The summed E-state index contributed by atoms with van der Waals surface area (Å²) in [4.78, 5) is 30.1. The predicted octanol–water partition coefficient (Wildman–Crippen LogP) is 2.50. The van der Waals surface area contributed by atoms with Crippen molar-refractivity contribution < 1.29 is 9.59 Å². The first-order valence-electron chi connectivity index (χ1n) is 10.2. The Labute approximate surface area is 170 Å². The largest absolute Gasteiger partial charge is 0.372 e. The van der Waals surface area contributed by atoms with Crippen LogP contribution in [0, 0.1) is 11.8 Å². The standard InChI is InChI=1S/C21H28N4O2S/c1-12(2)8-11-28-21-24-19-18(20(27)25-21)16(13-6-9-22-10-7-13)17-14(23-19)4-3-5-15(17)26/h6-7,9-10,12,16,18-19,21,23-24H,3-5,8,11H2,1-2H3,(H,25,27). The molecule has 0 radical (unpaired) electrons. The highest BCUT2D eigenvalue weighted by Crippen LogP contribution is 2.43. The summed E-state index contributed by atoms with van der Waals surface area (Å²) < 4.78 is 0. The van der Waals surface area contributed by atoms with Gasteiger partial charge >= 0.3 is 0 Å². The third-order valence-corrected chi connectivity index (χ3v) is 6.83. The summed E-state index contributed by atoms with van der Waals surface area (Å²) in [7, 11) is 0. The van der Waals surface area contributed by atoms with Crippen molar-refractivity contribution in [2.24, 2.45) is 11.8 Å². The van der Waals surface area contributed by atoms with E-state index in [-0.39, 0.29) is 35.2 Å². The third-order valence-electron chi connectivity index (χ3n) is 5.77. The van der Waals surface area contributed by atoms with Crippen molar-refractivity contribution in [3.63, 3.8) is 0 Å². The maximum atomic E-state index is 13.1. The second-order valence-corrected chi connectivity index (χ2v) is 9.40. The minimum Gasteiger partial charge on any atom is -0.372 e. The van der Waals surface area contributed by atoms with Gasteiger partial charge in [-0.2, -0.15) is 0 Å². The topological polar surface area (TPSA) is 83.1 Å². The summed E-state index contributed by atoms with van der Waals surface area (Å²) in [5.41, 5.74) is 2.67. The van der Waals surface area contributed by atoms with Crippen molar-refractivity contribution in [2.45, 2.75) is 57.1 Å².